The van der Waals surface area contributed by atoms with E-state index in [0.717, 1.165) is 0 Å². The van der Waals surface area contributed by atoms with Gasteiger partial charge in [0, 0.05) is 11.9 Å². The fraction of sp³-hybridized carbons (Fsp3) is 0.533. The Kier molecular flexibility index (Phi) is 6.15. The van der Waals surface area contributed by atoms with E-state index in [-0.39, 0.29) is 12.2 Å². The zero-order chi connectivity index (χ0) is 16.0. The van der Waals surface area contributed by atoms with Crippen LogP contribution < -0.4 is 5.32 Å². The summed E-state index contributed by atoms with van der Waals surface area (Å²) in [6, 6.07) is 2.79. The number of aromatic nitrogens is 1. The summed E-state index contributed by atoms with van der Waals surface area (Å²) in [7, 11) is 0. The first-order valence-corrected chi connectivity index (χ1v) is 7.21. The van der Waals surface area contributed by atoms with E-state index in [1.807, 2.05) is 6.92 Å². The second-order valence-corrected chi connectivity index (χ2v) is 6.15. The summed E-state index contributed by atoms with van der Waals surface area (Å²) in [5.74, 6) is -0.113. The number of carbonyl (C=O) groups is 2. The largest absolute Gasteiger partial charge is 0.444 e. The maximum absolute atomic E-state index is 12.2. The Bertz CT molecular complexity index is 495. The molecule has 1 aromatic rings. The maximum atomic E-state index is 12.2. The van der Waals surface area contributed by atoms with Gasteiger partial charge in [-0.05, 0) is 39.3 Å². The molecule has 1 N–H and O–H groups in total. The maximum Gasteiger partial charge on any atom is 0.408 e. The Hall–Kier alpha value is -1.62. The Morgan fingerprint density at radius 1 is 1.38 bits per heavy atom. The fourth-order valence-corrected chi connectivity index (χ4v) is 1.78. The van der Waals surface area contributed by atoms with Crippen LogP contribution in [0.3, 0.4) is 0 Å². The molecule has 0 aliphatic heterocycles. The number of nitrogens with one attached hydrogen (secondary N) is 1. The molecule has 0 spiro atoms. The van der Waals surface area contributed by atoms with Crippen LogP contribution in [0.25, 0.3) is 0 Å². The third kappa shape index (κ3) is 6.58. The van der Waals surface area contributed by atoms with Gasteiger partial charge in [-0.2, -0.15) is 0 Å². The van der Waals surface area contributed by atoms with Gasteiger partial charge in [-0.25, -0.2) is 4.79 Å². The predicted molar refractivity (Wildman–Crippen MR) is 81.4 cm³/mol. The molecule has 0 saturated carbocycles. The Balaban J connectivity index is 2.61. The lowest BCUT2D eigenvalue weighted by atomic mass is 10.1. The number of hydrogen-bond acceptors (Lipinski definition) is 4. The third-order valence-electron chi connectivity index (χ3n) is 2.63. The van der Waals surface area contributed by atoms with Crippen molar-refractivity contribution in [3.05, 3.63) is 29.0 Å². The van der Waals surface area contributed by atoms with Crippen molar-refractivity contribution in [1.29, 1.82) is 0 Å². The van der Waals surface area contributed by atoms with Crippen LogP contribution >= 0.6 is 11.6 Å². The molecule has 1 heterocycles. The fourth-order valence-electron chi connectivity index (χ4n) is 1.67. The minimum atomic E-state index is -0.594. The van der Waals surface area contributed by atoms with Gasteiger partial charge in [0.25, 0.3) is 0 Å². The van der Waals surface area contributed by atoms with Crippen molar-refractivity contribution < 1.29 is 14.3 Å². The number of amides is 1. The molecule has 1 rings (SSSR count). The highest BCUT2D eigenvalue weighted by Crippen LogP contribution is 2.10. The van der Waals surface area contributed by atoms with Gasteiger partial charge in [-0.15, -0.1) is 0 Å². The van der Waals surface area contributed by atoms with E-state index in [1.165, 1.54) is 6.20 Å². The molecule has 0 fully saturated rings. The molecule has 6 heteroatoms. The number of rotatable bonds is 5. The molecular weight excluding hydrogens is 292 g/mol. The van der Waals surface area contributed by atoms with Crippen molar-refractivity contribution in [3.63, 3.8) is 0 Å². The molecule has 0 aliphatic rings. The number of hydrogen-bond donors (Lipinski definition) is 1. The van der Waals surface area contributed by atoms with Crippen molar-refractivity contribution in [2.75, 3.05) is 0 Å². The van der Waals surface area contributed by atoms with Gasteiger partial charge >= 0.3 is 6.09 Å². The van der Waals surface area contributed by atoms with Gasteiger partial charge in [0.05, 0.1) is 17.5 Å². The van der Waals surface area contributed by atoms with Crippen molar-refractivity contribution in [2.24, 2.45) is 0 Å². The molecule has 1 atom stereocenters. The second kappa shape index (κ2) is 7.41. The highest BCUT2D eigenvalue weighted by Gasteiger charge is 2.23. The van der Waals surface area contributed by atoms with Gasteiger partial charge in [-0.3, -0.25) is 9.78 Å². The van der Waals surface area contributed by atoms with Crippen LogP contribution in [0.15, 0.2) is 18.3 Å². The molecule has 1 amide bonds. The van der Waals surface area contributed by atoms with Crippen molar-refractivity contribution in [3.8, 4) is 0 Å². The minimum absolute atomic E-state index is 0.113. The van der Waals surface area contributed by atoms with Crippen LogP contribution in [-0.2, 0) is 16.0 Å². The number of Topliss-reactive ketones (excluding diaryl/α,β-unsaturated/α-hetero) is 1. The van der Waals surface area contributed by atoms with E-state index < -0.39 is 17.7 Å². The average Bonchev–Trinajstić information content (AvgIpc) is 2.36. The summed E-state index contributed by atoms with van der Waals surface area (Å²) in [5, 5.41) is 3.11. The van der Waals surface area contributed by atoms with Crippen LogP contribution in [0, 0.1) is 0 Å². The van der Waals surface area contributed by atoms with E-state index in [9.17, 15) is 9.59 Å². The molecule has 1 aromatic heterocycles. The van der Waals surface area contributed by atoms with E-state index in [0.29, 0.717) is 17.1 Å². The van der Waals surface area contributed by atoms with Gasteiger partial charge in [0.2, 0.25) is 0 Å². The molecule has 0 aromatic carbocycles. The van der Waals surface area contributed by atoms with Gasteiger partial charge < -0.3 is 10.1 Å². The molecule has 0 radical (unpaired) electrons. The van der Waals surface area contributed by atoms with Crippen molar-refractivity contribution in [2.45, 2.75) is 52.2 Å². The molecule has 0 saturated heterocycles. The summed E-state index contributed by atoms with van der Waals surface area (Å²) in [5.41, 5.74) is 0.0252. The molecule has 0 bridgehead atoms. The monoisotopic (exact) mass is 312 g/mol. The van der Waals surface area contributed by atoms with Crippen LogP contribution in [0.2, 0.25) is 5.02 Å². The summed E-state index contributed by atoms with van der Waals surface area (Å²) in [6.45, 7) is 7.14. The first kappa shape index (κ1) is 17.4. The normalized spacial score (nSPS) is 12.6. The van der Waals surface area contributed by atoms with Gasteiger partial charge in [-0.1, -0.05) is 18.5 Å². The molecular formula is C15H21ClN2O3. The van der Waals surface area contributed by atoms with E-state index >= 15 is 0 Å². The van der Waals surface area contributed by atoms with Crippen LogP contribution in [0.4, 0.5) is 4.79 Å². The van der Waals surface area contributed by atoms with Crippen molar-refractivity contribution >= 4 is 23.5 Å². The molecule has 0 unspecified atom stereocenters. The lowest BCUT2D eigenvalue weighted by Crippen LogP contribution is -2.43. The summed E-state index contributed by atoms with van der Waals surface area (Å²) in [4.78, 5) is 28.0. The predicted octanol–water partition coefficient (Wildman–Crippen LogP) is 3.15. The number of alkyl carbamates (subject to hydrolysis) is 1. The minimum Gasteiger partial charge on any atom is -0.444 e. The highest BCUT2D eigenvalue weighted by molar-refractivity contribution is 6.30. The number of ketones is 1. The Morgan fingerprint density at radius 2 is 2.05 bits per heavy atom. The lowest BCUT2D eigenvalue weighted by Gasteiger charge is -2.22. The first-order valence-electron chi connectivity index (χ1n) is 6.84. The Morgan fingerprint density at radius 3 is 2.52 bits per heavy atom. The summed E-state index contributed by atoms with van der Waals surface area (Å²) < 4.78 is 5.15. The van der Waals surface area contributed by atoms with Crippen LogP contribution in [0.1, 0.15) is 39.8 Å². The molecule has 5 nitrogen and oxygen atoms in total. The number of halogens is 1. The summed E-state index contributed by atoms with van der Waals surface area (Å²) >= 11 is 5.75. The smallest absolute Gasteiger partial charge is 0.408 e. The lowest BCUT2D eigenvalue weighted by molar-refractivity contribution is -0.120. The standard InChI is InChI=1S/C15H21ClN2O3/c1-5-12(18-14(20)21-15(2,3)4)13(19)8-11-7-6-10(16)9-17-11/h6-7,9,12H,5,8H2,1-4H3,(H,18,20)/t12-/m0/s1. The topological polar surface area (TPSA) is 68.3 Å². The zero-order valence-corrected chi connectivity index (χ0v) is 13.5. The Labute approximate surface area is 130 Å². The average molecular weight is 313 g/mol. The molecule has 0 aliphatic carbocycles. The quantitative estimate of drug-likeness (QED) is 0.907. The number of carbonyl (C=O) groups excluding carboxylic acids is 2. The number of pyridine rings is 1. The zero-order valence-electron chi connectivity index (χ0n) is 12.8. The summed E-state index contributed by atoms with van der Waals surface area (Å²) in [6.07, 6.45) is 1.54. The van der Waals surface area contributed by atoms with E-state index in [4.69, 9.17) is 16.3 Å². The third-order valence-corrected chi connectivity index (χ3v) is 2.86. The van der Waals surface area contributed by atoms with E-state index in [2.05, 4.69) is 10.3 Å². The molecule has 21 heavy (non-hydrogen) atoms. The first-order chi connectivity index (χ1) is 9.71. The SMILES string of the molecule is CC[C@H](NC(=O)OC(C)(C)C)C(=O)Cc1ccc(Cl)cn1. The number of nitrogens with zero attached hydrogens (tertiary/aromatic N) is 1. The van der Waals surface area contributed by atoms with Crippen molar-refractivity contribution in [1.82, 2.24) is 10.3 Å². The van der Waals surface area contributed by atoms with Gasteiger partial charge in [0.1, 0.15) is 5.60 Å². The van der Waals surface area contributed by atoms with Crippen LogP contribution in [-0.4, -0.2) is 28.5 Å². The van der Waals surface area contributed by atoms with Crippen LogP contribution in [0.5, 0.6) is 0 Å². The second-order valence-electron chi connectivity index (χ2n) is 5.72. The van der Waals surface area contributed by atoms with Gasteiger partial charge in [0.15, 0.2) is 5.78 Å². The van der Waals surface area contributed by atoms with E-state index in [1.54, 1.807) is 32.9 Å². The number of ether oxygens (including phenoxy) is 1. The molecule has 116 valence electrons. The highest BCUT2D eigenvalue weighted by atomic mass is 35.5.